The maximum atomic E-state index is 4.36. The van der Waals surface area contributed by atoms with E-state index in [0.29, 0.717) is 12.5 Å². The van der Waals surface area contributed by atoms with Gasteiger partial charge in [0.2, 0.25) is 0 Å². The minimum Gasteiger partial charge on any atom is -0.387 e. The van der Waals surface area contributed by atoms with Gasteiger partial charge in [0.25, 0.3) is 0 Å². The fraction of sp³-hybridized carbons (Fsp3) is 0.409. The Morgan fingerprint density at radius 1 is 1.36 bits per heavy atom. The molecule has 2 rings (SSSR count). The number of benzene rings is 1. The zero-order valence-corrected chi connectivity index (χ0v) is 15.7. The Bertz CT molecular complexity index is 642. The Morgan fingerprint density at radius 3 is 2.88 bits per heavy atom. The molecule has 0 radical (unpaired) electrons. The summed E-state index contributed by atoms with van der Waals surface area (Å²) in [6, 6.07) is 8.80. The summed E-state index contributed by atoms with van der Waals surface area (Å²) in [5.74, 6) is 0.578. The van der Waals surface area contributed by atoms with Crippen LogP contribution < -0.4 is 5.32 Å². The van der Waals surface area contributed by atoms with Crippen LogP contribution >= 0.6 is 0 Å². The predicted molar refractivity (Wildman–Crippen MR) is 109 cm³/mol. The topological polar surface area (TPSA) is 27.6 Å². The van der Waals surface area contributed by atoms with Gasteiger partial charge in [0.05, 0.1) is 6.54 Å². The lowest BCUT2D eigenvalue weighted by atomic mass is 9.99. The molecule has 0 aliphatic carbocycles. The lowest BCUT2D eigenvalue weighted by molar-refractivity contribution is 0.219. The number of hydrogen-bond acceptors (Lipinski definition) is 3. The van der Waals surface area contributed by atoms with Gasteiger partial charge in [-0.2, -0.15) is 0 Å². The lowest BCUT2D eigenvalue weighted by Crippen LogP contribution is -2.36. The molecule has 0 fully saturated rings. The first-order chi connectivity index (χ1) is 12.1. The molecule has 1 unspecified atom stereocenters. The van der Waals surface area contributed by atoms with Gasteiger partial charge in [0.15, 0.2) is 0 Å². The molecule has 1 N–H and O–H groups in total. The van der Waals surface area contributed by atoms with Gasteiger partial charge < -0.3 is 5.32 Å². The third-order valence-corrected chi connectivity index (χ3v) is 4.53. The molecule has 0 bridgehead atoms. The average molecular weight is 338 g/mol. The fourth-order valence-electron chi connectivity index (χ4n) is 2.99. The normalized spacial score (nSPS) is 16.5. The largest absolute Gasteiger partial charge is 0.387 e. The van der Waals surface area contributed by atoms with Crippen LogP contribution in [0.1, 0.15) is 25.0 Å². The summed E-state index contributed by atoms with van der Waals surface area (Å²) >= 11 is 0. The Morgan fingerprint density at radius 2 is 2.12 bits per heavy atom. The van der Waals surface area contributed by atoms with E-state index in [2.05, 4.69) is 59.6 Å². The van der Waals surface area contributed by atoms with E-state index < -0.39 is 0 Å². The Kier molecular flexibility index (Phi) is 7.68. The molecule has 0 amide bonds. The van der Waals surface area contributed by atoms with Crippen molar-refractivity contribution < 1.29 is 0 Å². The van der Waals surface area contributed by atoms with Gasteiger partial charge in [-0.3, -0.25) is 9.89 Å². The summed E-state index contributed by atoms with van der Waals surface area (Å²) in [6.07, 6.45) is 6.75. The number of allylic oxidation sites excluding steroid dienone is 3. The third kappa shape index (κ3) is 6.71. The summed E-state index contributed by atoms with van der Waals surface area (Å²) in [4.78, 5) is 6.91. The fourth-order valence-corrected chi connectivity index (χ4v) is 2.99. The van der Waals surface area contributed by atoms with E-state index in [1.165, 1.54) is 11.1 Å². The summed E-state index contributed by atoms with van der Waals surface area (Å²) in [6.45, 7) is 17.0. The zero-order valence-electron chi connectivity index (χ0n) is 15.7. The van der Waals surface area contributed by atoms with Crippen LogP contribution in [0.5, 0.6) is 0 Å². The molecule has 1 heterocycles. The molecule has 3 heteroatoms. The minimum absolute atomic E-state index is 0.578. The van der Waals surface area contributed by atoms with Crippen molar-refractivity contribution in [1.29, 1.82) is 0 Å². The van der Waals surface area contributed by atoms with Crippen LogP contribution in [-0.4, -0.2) is 37.3 Å². The molecule has 1 aromatic rings. The molecule has 134 valence electrons. The third-order valence-electron chi connectivity index (χ3n) is 4.53. The van der Waals surface area contributed by atoms with Gasteiger partial charge in [0.1, 0.15) is 0 Å². The molecule has 3 nitrogen and oxygen atoms in total. The number of fused-ring (bicyclic) bond motifs is 1. The van der Waals surface area contributed by atoms with Crippen LogP contribution in [0.15, 0.2) is 65.8 Å². The molecule has 0 aromatic heterocycles. The molecule has 0 saturated carbocycles. The number of nitrogens with one attached hydrogen (secondary N) is 1. The number of nitrogens with zero attached hydrogens (tertiary/aromatic N) is 2. The van der Waals surface area contributed by atoms with Gasteiger partial charge in [0, 0.05) is 38.1 Å². The van der Waals surface area contributed by atoms with E-state index in [4.69, 9.17) is 0 Å². The second kappa shape index (κ2) is 10.00. The first kappa shape index (κ1) is 19.2. The highest BCUT2D eigenvalue weighted by Gasteiger charge is 2.17. The smallest absolute Gasteiger partial charge is 0.0780 e. The molecular formula is C22H31N3. The van der Waals surface area contributed by atoms with Gasteiger partial charge >= 0.3 is 0 Å². The van der Waals surface area contributed by atoms with Crippen LogP contribution in [0.2, 0.25) is 0 Å². The average Bonchev–Trinajstić information content (AvgIpc) is 2.63. The molecule has 1 aliphatic rings. The molecule has 1 aliphatic heterocycles. The second-order valence-electron chi connectivity index (χ2n) is 6.95. The molecule has 0 saturated heterocycles. The lowest BCUT2D eigenvalue weighted by Gasteiger charge is -2.31. The quantitative estimate of drug-likeness (QED) is 0.545. The van der Waals surface area contributed by atoms with Crippen molar-refractivity contribution in [3.63, 3.8) is 0 Å². The first-order valence-electron chi connectivity index (χ1n) is 9.08. The van der Waals surface area contributed by atoms with Crippen molar-refractivity contribution in [3.8, 4) is 0 Å². The van der Waals surface area contributed by atoms with Gasteiger partial charge in [-0.15, -0.1) is 0 Å². The highest BCUT2D eigenvalue weighted by molar-refractivity contribution is 5.72. The Balaban J connectivity index is 1.68. The molecular weight excluding hydrogens is 306 g/mol. The van der Waals surface area contributed by atoms with Crippen LogP contribution in [-0.2, 0) is 13.0 Å². The number of hydrogen-bond donors (Lipinski definition) is 1. The van der Waals surface area contributed by atoms with E-state index in [1.807, 2.05) is 25.3 Å². The van der Waals surface area contributed by atoms with Gasteiger partial charge in [-0.1, -0.05) is 56.0 Å². The molecule has 0 spiro atoms. The van der Waals surface area contributed by atoms with E-state index in [0.717, 1.165) is 43.9 Å². The summed E-state index contributed by atoms with van der Waals surface area (Å²) in [5.41, 5.74) is 5.07. The van der Waals surface area contributed by atoms with Crippen molar-refractivity contribution in [3.05, 3.63) is 72.0 Å². The minimum atomic E-state index is 0.578. The summed E-state index contributed by atoms with van der Waals surface area (Å²) in [7, 11) is 0. The summed E-state index contributed by atoms with van der Waals surface area (Å²) in [5, 5.41) is 3.42. The first-order valence-corrected chi connectivity index (χ1v) is 9.08. The van der Waals surface area contributed by atoms with Crippen LogP contribution in [0.4, 0.5) is 0 Å². The Labute approximate surface area is 152 Å². The molecule has 1 aromatic carbocycles. The maximum absolute atomic E-state index is 4.36. The van der Waals surface area contributed by atoms with Crippen molar-refractivity contribution in [2.24, 2.45) is 10.9 Å². The van der Waals surface area contributed by atoms with E-state index in [9.17, 15) is 0 Å². The van der Waals surface area contributed by atoms with Crippen molar-refractivity contribution in [2.45, 2.75) is 26.8 Å². The molecule has 25 heavy (non-hydrogen) atoms. The number of aliphatic imine (C=N–C) groups is 1. The second-order valence-corrected chi connectivity index (χ2v) is 6.95. The number of rotatable bonds is 9. The van der Waals surface area contributed by atoms with Crippen LogP contribution in [0.3, 0.4) is 0 Å². The standard InChI is InChI=1S/C22H31N3/c1-5-18(2)10-12-23-15-20(4)24-14-19(3)16-25-13-11-21-8-6-7-9-22(21)17-25/h5-10,12,19,24H,1,4,11,13-17H2,2-3H3/b18-10-,23-12?. The monoisotopic (exact) mass is 337 g/mol. The van der Waals surface area contributed by atoms with E-state index in [-0.39, 0.29) is 0 Å². The van der Waals surface area contributed by atoms with Crippen molar-refractivity contribution in [2.75, 3.05) is 26.2 Å². The van der Waals surface area contributed by atoms with E-state index >= 15 is 0 Å². The SMILES string of the molecule is C=C/C(C)=C\C=NCC(=C)NCC(C)CN1CCc2ccccc2C1. The predicted octanol–water partition coefficient (Wildman–Crippen LogP) is 3.99. The zero-order chi connectivity index (χ0) is 18.1. The van der Waals surface area contributed by atoms with Crippen molar-refractivity contribution >= 4 is 6.21 Å². The highest BCUT2D eigenvalue weighted by atomic mass is 15.1. The van der Waals surface area contributed by atoms with Crippen LogP contribution in [0, 0.1) is 5.92 Å². The van der Waals surface area contributed by atoms with Gasteiger partial charge in [-0.25, -0.2) is 0 Å². The molecule has 1 atom stereocenters. The van der Waals surface area contributed by atoms with Gasteiger partial charge in [-0.05, 0) is 36.5 Å². The highest BCUT2D eigenvalue weighted by Crippen LogP contribution is 2.19. The van der Waals surface area contributed by atoms with E-state index in [1.54, 1.807) is 0 Å². The maximum Gasteiger partial charge on any atom is 0.0780 e. The summed E-state index contributed by atoms with van der Waals surface area (Å²) < 4.78 is 0. The van der Waals surface area contributed by atoms with Crippen molar-refractivity contribution in [1.82, 2.24) is 10.2 Å². The Hall–Kier alpha value is -2.13. The van der Waals surface area contributed by atoms with Crippen LogP contribution in [0.25, 0.3) is 0 Å².